The Morgan fingerprint density at radius 2 is 1.72 bits per heavy atom. The fraction of sp³-hybridized carbons (Fsp3) is 0.600. The van der Waals surface area contributed by atoms with E-state index in [9.17, 15) is 0 Å². The minimum absolute atomic E-state index is 0. The summed E-state index contributed by atoms with van der Waals surface area (Å²) in [5.41, 5.74) is 7.48. The SMILES string of the molecule is Cl.NCCCCCC1(c2ccc(Cl)cc2)CCC1. The first-order valence-corrected chi connectivity index (χ1v) is 7.11. The first-order chi connectivity index (χ1) is 8.27. The van der Waals surface area contributed by atoms with Gasteiger partial charge in [0.05, 0.1) is 0 Å². The Kier molecular flexibility index (Phi) is 6.48. The van der Waals surface area contributed by atoms with Crippen molar-refractivity contribution in [3.63, 3.8) is 0 Å². The van der Waals surface area contributed by atoms with Crippen LogP contribution in [0.25, 0.3) is 0 Å². The van der Waals surface area contributed by atoms with Crippen LogP contribution in [0, 0.1) is 0 Å². The van der Waals surface area contributed by atoms with Crippen LogP contribution in [-0.2, 0) is 5.41 Å². The Morgan fingerprint density at radius 1 is 1.06 bits per heavy atom. The molecule has 0 atom stereocenters. The van der Waals surface area contributed by atoms with E-state index < -0.39 is 0 Å². The highest BCUT2D eigenvalue weighted by Crippen LogP contribution is 2.47. The van der Waals surface area contributed by atoms with Crippen molar-refractivity contribution >= 4 is 24.0 Å². The van der Waals surface area contributed by atoms with Crippen molar-refractivity contribution in [2.45, 2.75) is 50.4 Å². The van der Waals surface area contributed by atoms with Gasteiger partial charge in [-0.1, -0.05) is 43.0 Å². The molecular formula is C15H23Cl2N. The lowest BCUT2D eigenvalue weighted by atomic mass is 9.62. The highest BCUT2D eigenvalue weighted by atomic mass is 35.5. The maximum Gasteiger partial charge on any atom is 0.0406 e. The van der Waals surface area contributed by atoms with Crippen LogP contribution in [0.2, 0.25) is 5.02 Å². The van der Waals surface area contributed by atoms with Gasteiger partial charge in [-0.25, -0.2) is 0 Å². The van der Waals surface area contributed by atoms with E-state index in [0.717, 1.165) is 18.0 Å². The number of unbranched alkanes of at least 4 members (excludes halogenated alkanes) is 2. The van der Waals surface area contributed by atoms with Gasteiger partial charge in [0.15, 0.2) is 0 Å². The summed E-state index contributed by atoms with van der Waals surface area (Å²) in [6.07, 6.45) is 9.12. The molecule has 1 aromatic rings. The largest absolute Gasteiger partial charge is 0.330 e. The summed E-state index contributed by atoms with van der Waals surface area (Å²) in [6.45, 7) is 0.827. The third-order valence-corrected chi connectivity index (χ3v) is 4.38. The van der Waals surface area contributed by atoms with Gasteiger partial charge in [-0.2, -0.15) is 0 Å². The standard InChI is InChI=1S/C15H22ClN.ClH/c16-14-7-5-13(6-8-14)15(10-4-11-15)9-2-1-3-12-17;/h5-8H,1-4,9-12,17H2;1H. The van der Waals surface area contributed by atoms with E-state index in [1.165, 1.54) is 44.1 Å². The summed E-state index contributed by atoms with van der Waals surface area (Å²) in [6, 6.07) is 8.47. The second-order valence-corrected chi connectivity index (χ2v) is 5.68. The smallest absolute Gasteiger partial charge is 0.0406 e. The fourth-order valence-corrected chi connectivity index (χ4v) is 3.00. The zero-order valence-corrected chi connectivity index (χ0v) is 12.4. The molecule has 1 nitrogen and oxygen atoms in total. The molecule has 0 spiro atoms. The van der Waals surface area contributed by atoms with E-state index in [0.29, 0.717) is 5.41 Å². The number of rotatable bonds is 6. The number of hydrogen-bond acceptors (Lipinski definition) is 1. The van der Waals surface area contributed by atoms with Crippen LogP contribution in [0.5, 0.6) is 0 Å². The van der Waals surface area contributed by atoms with Gasteiger partial charge in [-0.05, 0) is 55.3 Å². The van der Waals surface area contributed by atoms with Crippen LogP contribution in [0.15, 0.2) is 24.3 Å². The second-order valence-electron chi connectivity index (χ2n) is 5.24. The quantitative estimate of drug-likeness (QED) is 0.754. The summed E-state index contributed by atoms with van der Waals surface area (Å²) in [5, 5.41) is 0.839. The lowest BCUT2D eigenvalue weighted by Crippen LogP contribution is -2.34. The fourth-order valence-electron chi connectivity index (χ4n) is 2.87. The topological polar surface area (TPSA) is 26.0 Å². The van der Waals surface area contributed by atoms with E-state index in [4.69, 9.17) is 17.3 Å². The molecule has 0 amide bonds. The molecule has 2 rings (SSSR count). The van der Waals surface area contributed by atoms with Gasteiger partial charge in [0, 0.05) is 5.02 Å². The van der Waals surface area contributed by atoms with Crippen molar-refractivity contribution in [2.24, 2.45) is 5.73 Å². The van der Waals surface area contributed by atoms with Crippen LogP contribution in [-0.4, -0.2) is 6.54 Å². The Morgan fingerprint density at radius 3 is 2.22 bits per heavy atom. The molecule has 0 saturated heterocycles. The van der Waals surface area contributed by atoms with Crippen molar-refractivity contribution in [1.29, 1.82) is 0 Å². The second kappa shape index (κ2) is 7.37. The summed E-state index contributed by atoms with van der Waals surface area (Å²) < 4.78 is 0. The summed E-state index contributed by atoms with van der Waals surface area (Å²) >= 11 is 5.95. The van der Waals surface area contributed by atoms with Gasteiger partial charge in [-0.3, -0.25) is 0 Å². The molecule has 2 N–H and O–H groups in total. The predicted octanol–water partition coefficient (Wildman–Crippen LogP) is 4.70. The van der Waals surface area contributed by atoms with Crippen molar-refractivity contribution in [3.8, 4) is 0 Å². The van der Waals surface area contributed by atoms with Gasteiger partial charge >= 0.3 is 0 Å². The molecule has 0 radical (unpaired) electrons. The molecule has 18 heavy (non-hydrogen) atoms. The first kappa shape index (κ1) is 15.8. The maximum absolute atomic E-state index is 5.95. The Labute approximate surface area is 122 Å². The number of hydrogen-bond donors (Lipinski definition) is 1. The van der Waals surface area contributed by atoms with E-state index in [-0.39, 0.29) is 12.4 Å². The normalized spacial score (nSPS) is 16.8. The lowest BCUT2D eigenvalue weighted by molar-refractivity contribution is 0.218. The molecule has 0 aliphatic heterocycles. The minimum atomic E-state index is 0. The third kappa shape index (κ3) is 3.63. The predicted molar refractivity (Wildman–Crippen MR) is 81.8 cm³/mol. The third-order valence-electron chi connectivity index (χ3n) is 4.13. The van der Waals surface area contributed by atoms with Crippen molar-refractivity contribution in [1.82, 2.24) is 0 Å². The molecule has 1 saturated carbocycles. The van der Waals surface area contributed by atoms with E-state index in [1.807, 2.05) is 12.1 Å². The Balaban J connectivity index is 0.00000162. The van der Waals surface area contributed by atoms with Crippen LogP contribution < -0.4 is 5.73 Å². The lowest BCUT2D eigenvalue weighted by Gasteiger charge is -2.43. The minimum Gasteiger partial charge on any atom is -0.330 e. The molecule has 1 aliphatic carbocycles. The summed E-state index contributed by atoms with van der Waals surface area (Å²) in [7, 11) is 0. The molecule has 1 fully saturated rings. The van der Waals surface area contributed by atoms with E-state index in [2.05, 4.69) is 12.1 Å². The summed E-state index contributed by atoms with van der Waals surface area (Å²) in [4.78, 5) is 0. The molecule has 0 aromatic heterocycles. The highest BCUT2D eigenvalue weighted by molar-refractivity contribution is 6.30. The van der Waals surface area contributed by atoms with Gasteiger partial charge in [0.25, 0.3) is 0 Å². The first-order valence-electron chi connectivity index (χ1n) is 6.73. The summed E-state index contributed by atoms with van der Waals surface area (Å²) in [5.74, 6) is 0. The number of nitrogens with two attached hydrogens (primary N) is 1. The van der Waals surface area contributed by atoms with Crippen LogP contribution >= 0.6 is 24.0 Å². The average Bonchev–Trinajstić information content (AvgIpc) is 2.29. The molecule has 3 heteroatoms. The van der Waals surface area contributed by atoms with Gasteiger partial charge in [0.2, 0.25) is 0 Å². The molecule has 0 heterocycles. The van der Waals surface area contributed by atoms with Gasteiger partial charge in [0.1, 0.15) is 0 Å². The van der Waals surface area contributed by atoms with Crippen LogP contribution in [0.4, 0.5) is 0 Å². The Hall–Kier alpha value is -0.240. The van der Waals surface area contributed by atoms with E-state index >= 15 is 0 Å². The van der Waals surface area contributed by atoms with Crippen molar-refractivity contribution in [3.05, 3.63) is 34.9 Å². The van der Waals surface area contributed by atoms with E-state index in [1.54, 1.807) is 0 Å². The van der Waals surface area contributed by atoms with Crippen LogP contribution in [0.1, 0.15) is 50.5 Å². The maximum atomic E-state index is 5.95. The molecule has 0 unspecified atom stereocenters. The monoisotopic (exact) mass is 287 g/mol. The number of halogens is 2. The molecule has 1 aliphatic rings. The molecule has 0 bridgehead atoms. The van der Waals surface area contributed by atoms with Crippen molar-refractivity contribution in [2.75, 3.05) is 6.54 Å². The van der Waals surface area contributed by atoms with Gasteiger partial charge < -0.3 is 5.73 Å². The molecular weight excluding hydrogens is 265 g/mol. The Bertz CT molecular complexity index is 344. The average molecular weight is 288 g/mol. The van der Waals surface area contributed by atoms with Crippen LogP contribution in [0.3, 0.4) is 0 Å². The highest BCUT2D eigenvalue weighted by Gasteiger charge is 2.37. The van der Waals surface area contributed by atoms with Gasteiger partial charge in [-0.15, -0.1) is 12.4 Å². The number of benzene rings is 1. The zero-order chi connectivity index (χ0) is 12.1. The molecule has 102 valence electrons. The van der Waals surface area contributed by atoms with Crippen molar-refractivity contribution < 1.29 is 0 Å². The molecule has 1 aromatic carbocycles. The zero-order valence-electron chi connectivity index (χ0n) is 10.8.